The van der Waals surface area contributed by atoms with Crippen LogP contribution >= 0.6 is 12.4 Å². The number of carbonyl (C=O) groups is 2. The van der Waals surface area contributed by atoms with Gasteiger partial charge in [-0.1, -0.05) is 19.3 Å². The van der Waals surface area contributed by atoms with Gasteiger partial charge >= 0.3 is 0 Å². The van der Waals surface area contributed by atoms with Crippen molar-refractivity contribution in [3.63, 3.8) is 0 Å². The monoisotopic (exact) mass is 523 g/mol. The van der Waals surface area contributed by atoms with Gasteiger partial charge in [-0.05, 0) is 24.6 Å². The van der Waals surface area contributed by atoms with Crippen LogP contribution < -0.4 is 9.50 Å². The van der Waals surface area contributed by atoms with Crippen LogP contribution in [0.2, 0.25) is 0 Å². The van der Waals surface area contributed by atoms with Crippen molar-refractivity contribution in [3.8, 4) is 5.75 Å². The summed E-state index contributed by atoms with van der Waals surface area (Å²) in [6.07, 6.45) is 4.53. The molecule has 0 aliphatic heterocycles. The molecule has 1 aromatic rings. The Kier molecular flexibility index (Phi) is 12.6. The van der Waals surface area contributed by atoms with Crippen LogP contribution in [0.5, 0.6) is 5.75 Å². The van der Waals surface area contributed by atoms with E-state index in [9.17, 15) is 13.5 Å². The molecular formula is C14H17FIrNO3S2-. The third kappa shape index (κ3) is 7.63. The Labute approximate surface area is 153 Å². The van der Waals surface area contributed by atoms with Gasteiger partial charge in [-0.25, -0.2) is 0 Å². The zero-order valence-corrected chi connectivity index (χ0v) is 15.8. The molecule has 1 amide bonds. The SMILES string of the molecule is O=Cc1ccc(OSF)c(C(=O)NCCCCCC[S-])c1.[Ir]. The van der Waals surface area contributed by atoms with Crippen molar-refractivity contribution >= 4 is 37.3 Å². The number of unbranched alkanes of at least 4 members (excludes halogenated alkanes) is 3. The van der Waals surface area contributed by atoms with Crippen molar-refractivity contribution in [2.24, 2.45) is 0 Å². The van der Waals surface area contributed by atoms with Crippen LogP contribution in [0, 0.1) is 0 Å². The van der Waals surface area contributed by atoms with Gasteiger partial charge in [0.25, 0.3) is 18.3 Å². The van der Waals surface area contributed by atoms with E-state index >= 15 is 0 Å². The third-order valence-corrected chi connectivity index (χ3v) is 3.39. The first-order chi connectivity index (χ1) is 10.2. The molecule has 8 heteroatoms. The maximum Gasteiger partial charge on any atom is 0.272 e. The van der Waals surface area contributed by atoms with E-state index in [1.165, 1.54) is 18.2 Å². The molecule has 0 aliphatic rings. The second kappa shape index (κ2) is 12.9. The van der Waals surface area contributed by atoms with Crippen molar-refractivity contribution in [1.29, 1.82) is 0 Å². The number of carbonyl (C=O) groups excluding carboxylic acids is 2. The minimum absolute atomic E-state index is 0. The molecule has 0 unspecified atom stereocenters. The van der Waals surface area contributed by atoms with E-state index in [0.717, 1.165) is 31.4 Å². The quantitative estimate of drug-likeness (QED) is 0.221. The van der Waals surface area contributed by atoms with Crippen molar-refractivity contribution in [3.05, 3.63) is 29.3 Å². The Balaban J connectivity index is 0.00000441. The summed E-state index contributed by atoms with van der Waals surface area (Å²) in [4.78, 5) is 22.8. The average molecular weight is 523 g/mol. The molecule has 0 saturated carbocycles. The molecule has 0 fully saturated rings. The molecule has 1 rings (SSSR count). The van der Waals surface area contributed by atoms with Crippen LogP contribution in [0.3, 0.4) is 0 Å². The normalized spacial score (nSPS) is 9.73. The van der Waals surface area contributed by atoms with Gasteiger partial charge in [-0.3, -0.25) is 9.59 Å². The van der Waals surface area contributed by atoms with Gasteiger partial charge < -0.3 is 22.1 Å². The summed E-state index contributed by atoms with van der Waals surface area (Å²) in [5.41, 5.74) is 0.483. The first-order valence-corrected chi connectivity index (χ1v) is 7.85. The topological polar surface area (TPSA) is 55.4 Å². The molecule has 0 saturated heterocycles. The molecule has 0 heterocycles. The summed E-state index contributed by atoms with van der Waals surface area (Å²) in [5.74, 6) is 0.467. The molecule has 1 radical (unpaired) electrons. The second-order valence-electron chi connectivity index (χ2n) is 4.39. The molecular weight excluding hydrogens is 506 g/mol. The molecule has 0 aromatic heterocycles. The number of halogens is 1. The van der Waals surface area contributed by atoms with Crippen LogP contribution in [-0.2, 0) is 32.7 Å². The summed E-state index contributed by atoms with van der Waals surface area (Å²) in [6, 6.07) is 4.24. The Bertz CT molecular complexity index is 477. The van der Waals surface area contributed by atoms with Gasteiger partial charge in [0, 0.05) is 32.2 Å². The summed E-state index contributed by atoms with van der Waals surface area (Å²) in [5, 5.41) is 2.73. The average Bonchev–Trinajstić information content (AvgIpc) is 2.51. The first kappa shape index (κ1) is 21.4. The van der Waals surface area contributed by atoms with Gasteiger partial charge in [0.1, 0.15) is 6.29 Å². The minimum Gasteiger partial charge on any atom is -0.793 e. The minimum atomic E-state index is -0.383. The second-order valence-corrected chi connectivity index (χ2v) is 5.09. The van der Waals surface area contributed by atoms with Crippen LogP contribution in [0.25, 0.3) is 0 Å². The Morgan fingerprint density at radius 2 is 2.05 bits per heavy atom. The Hall–Kier alpha value is -0.561. The van der Waals surface area contributed by atoms with Crippen molar-refractivity contribution < 1.29 is 37.8 Å². The van der Waals surface area contributed by atoms with Crippen molar-refractivity contribution in [2.75, 3.05) is 12.3 Å². The summed E-state index contributed by atoms with van der Waals surface area (Å²) in [6.45, 7) is 0.518. The molecule has 0 bridgehead atoms. The van der Waals surface area contributed by atoms with Crippen LogP contribution in [-0.4, -0.2) is 24.5 Å². The molecule has 1 N–H and O–H groups in total. The number of benzene rings is 1. The smallest absolute Gasteiger partial charge is 0.272 e. The molecule has 0 aliphatic carbocycles. The van der Waals surface area contributed by atoms with E-state index < -0.39 is 0 Å². The molecule has 0 atom stereocenters. The number of amides is 1. The fraction of sp³-hybridized carbons (Fsp3) is 0.429. The van der Waals surface area contributed by atoms with E-state index in [1.807, 2.05) is 0 Å². The zero-order chi connectivity index (χ0) is 15.5. The molecule has 1 aromatic carbocycles. The van der Waals surface area contributed by atoms with Crippen LogP contribution in [0.4, 0.5) is 3.89 Å². The van der Waals surface area contributed by atoms with Crippen LogP contribution in [0.15, 0.2) is 18.2 Å². The van der Waals surface area contributed by atoms with Crippen molar-refractivity contribution in [1.82, 2.24) is 5.32 Å². The predicted molar refractivity (Wildman–Crippen MR) is 84.2 cm³/mol. The number of rotatable bonds is 10. The van der Waals surface area contributed by atoms with Gasteiger partial charge in [-0.15, -0.1) is 3.89 Å². The first-order valence-electron chi connectivity index (χ1n) is 6.63. The predicted octanol–water partition coefficient (Wildman–Crippen LogP) is 3.25. The van der Waals surface area contributed by atoms with E-state index in [1.54, 1.807) is 0 Å². The van der Waals surface area contributed by atoms with Crippen molar-refractivity contribution in [2.45, 2.75) is 25.7 Å². The zero-order valence-electron chi connectivity index (χ0n) is 11.8. The van der Waals surface area contributed by atoms with Gasteiger partial charge in [0.15, 0.2) is 5.75 Å². The number of hydrogen-bond donors (Lipinski definition) is 1. The maximum absolute atomic E-state index is 12.2. The number of hydrogen-bond acceptors (Lipinski definition) is 5. The van der Waals surface area contributed by atoms with Gasteiger partial charge in [0.05, 0.1) is 5.56 Å². The Morgan fingerprint density at radius 3 is 2.68 bits per heavy atom. The van der Waals surface area contributed by atoms with E-state index in [4.69, 9.17) is 12.6 Å². The number of nitrogens with one attached hydrogen (secondary N) is 1. The molecule has 4 nitrogen and oxygen atoms in total. The van der Waals surface area contributed by atoms with E-state index in [0.29, 0.717) is 18.4 Å². The third-order valence-electron chi connectivity index (χ3n) is 2.86. The largest absolute Gasteiger partial charge is 0.793 e. The molecule has 22 heavy (non-hydrogen) atoms. The summed E-state index contributed by atoms with van der Waals surface area (Å²) < 4.78 is 16.9. The molecule has 125 valence electrons. The Morgan fingerprint density at radius 1 is 1.32 bits per heavy atom. The van der Waals surface area contributed by atoms with E-state index in [-0.39, 0.29) is 49.8 Å². The standard InChI is InChI=1S/C14H18FNO3S2.Ir/c15-21-19-13-6-5-11(10-17)9-12(13)14(18)16-7-3-1-2-4-8-20;/h5-6,9-10,20H,1-4,7-8H2,(H,16,18);/p-1. The fourth-order valence-corrected chi connectivity index (χ4v) is 2.20. The maximum atomic E-state index is 12.2. The fourth-order valence-electron chi connectivity index (χ4n) is 1.78. The van der Waals surface area contributed by atoms with Gasteiger partial charge in [-0.2, -0.15) is 5.75 Å². The van der Waals surface area contributed by atoms with E-state index in [2.05, 4.69) is 9.50 Å². The van der Waals surface area contributed by atoms with Gasteiger partial charge in [0.2, 0.25) is 0 Å². The molecule has 0 spiro atoms. The summed E-state index contributed by atoms with van der Waals surface area (Å²) in [7, 11) is 0. The summed E-state index contributed by atoms with van der Waals surface area (Å²) >= 11 is 4.51. The number of aldehydes is 1. The van der Waals surface area contributed by atoms with Crippen LogP contribution in [0.1, 0.15) is 46.4 Å².